The highest BCUT2D eigenvalue weighted by Crippen LogP contribution is 2.36. The summed E-state index contributed by atoms with van der Waals surface area (Å²) in [5.74, 6) is 0.950. The number of carbonyl (C=O) groups excluding carboxylic acids is 1. The summed E-state index contributed by atoms with van der Waals surface area (Å²) in [5, 5.41) is 10.9. The average molecular weight is 507 g/mol. The first-order chi connectivity index (χ1) is 17.4. The van der Waals surface area contributed by atoms with Crippen molar-refractivity contribution in [3.05, 3.63) is 59.1 Å². The first-order valence-electron chi connectivity index (χ1n) is 12.1. The molecule has 1 aromatic carbocycles. The number of benzene rings is 1. The number of carboxylic acids is 1. The van der Waals surface area contributed by atoms with Crippen molar-refractivity contribution in [2.75, 3.05) is 11.1 Å². The molecule has 1 saturated carbocycles. The van der Waals surface area contributed by atoms with Crippen LogP contribution in [-0.2, 0) is 11.2 Å². The fraction of sp³-hybridized carbons (Fsp3) is 0.346. The molecule has 10 heteroatoms. The standard InChI is InChI=1S/C24H26N6OS.C2H4O2/c1-2-18-14-27-24(32-18)29-23(31)17-10-8-15(9-11-17)19-20-21(25)26-12-13-30(20)22(28-19)16-6-4-3-5-7-16;1-2(3)4/h8-14,16H,2-7H2,1H3,(H2,25,26)(H,27,29,31);1H3,(H,3,4). The molecular weight excluding hydrogens is 476 g/mol. The van der Waals surface area contributed by atoms with Crippen molar-refractivity contribution in [3.8, 4) is 11.3 Å². The van der Waals surface area contributed by atoms with Gasteiger partial charge in [0, 0.05) is 47.4 Å². The summed E-state index contributed by atoms with van der Waals surface area (Å²) >= 11 is 1.50. The second kappa shape index (κ2) is 11.3. The van der Waals surface area contributed by atoms with E-state index in [1.54, 1.807) is 12.4 Å². The van der Waals surface area contributed by atoms with Crippen LogP contribution in [0.1, 0.15) is 72.9 Å². The molecule has 0 bridgehead atoms. The molecule has 0 unspecified atom stereocenters. The lowest BCUT2D eigenvalue weighted by Crippen LogP contribution is -2.11. The number of aromatic nitrogens is 4. The Balaban J connectivity index is 0.000000709. The van der Waals surface area contributed by atoms with Crippen LogP contribution in [0, 0.1) is 0 Å². The Labute approximate surface area is 213 Å². The molecule has 1 fully saturated rings. The highest BCUT2D eigenvalue weighted by molar-refractivity contribution is 7.15. The van der Waals surface area contributed by atoms with Crippen molar-refractivity contribution in [2.45, 2.75) is 58.3 Å². The van der Waals surface area contributed by atoms with Gasteiger partial charge < -0.3 is 10.8 Å². The largest absolute Gasteiger partial charge is 0.481 e. The van der Waals surface area contributed by atoms with Gasteiger partial charge >= 0.3 is 0 Å². The number of carbonyl (C=O) groups is 2. The van der Waals surface area contributed by atoms with E-state index in [0.29, 0.717) is 22.4 Å². The lowest BCUT2D eigenvalue weighted by Gasteiger charge is -2.20. The van der Waals surface area contributed by atoms with Crippen molar-refractivity contribution in [1.29, 1.82) is 0 Å². The van der Waals surface area contributed by atoms with Crippen LogP contribution in [0.25, 0.3) is 16.8 Å². The zero-order valence-electron chi connectivity index (χ0n) is 20.4. The number of nitrogens with zero attached hydrogens (tertiary/aromatic N) is 4. The van der Waals surface area contributed by atoms with Crippen LogP contribution in [0.15, 0.2) is 42.9 Å². The minimum Gasteiger partial charge on any atom is -0.481 e. The summed E-state index contributed by atoms with van der Waals surface area (Å²) in [6.45, 7) is 3.15. The van der Waals surface area contributed by atoms with Crippen LogP contribution in [0.4, 0.5) is 10.9 Å². The Morgan fingerprint density at radius 3 is 2.50 bits per heavy atom. The number of hydrogen-bond donors (Lipinski definition) is 3. The Morgan fingerprint density at radius 2 is 1.86 bits per heavy atom. The third kappa shape index (κ3) is 5.71. The van der Waals surface area contributed by atoms with Gasteiger partial charge in [-0.15, -0.1) is 11.3 Å². The van der Waals surface area contributed by atoms with Gasteiger partial charge in [-0.1, -0.05) is 38.3 Å². The first-order valence-corrected chi connectivity index (χ1v) is 12.9. The SMILES string of the molecule is CC(=O)O.CCc1cnc(NC(=O)c2ccc(-c3nc(C4CCCCC4)n4ccnc(N)c34)cc2)s1. The first kappa shape index (κ1) is 25.3. The number of aryl methyl sites for hydroxylation is 1. The number of amides is 1. The maximum absolute atomic E-state index is 12.6. The molecule has 9 nitrogen and oxygen atoms in total. The molecule has 4 N–H and O–H groups in total. The van der Waals surface area contributed by atoms with Crippen molar-refractivity contribution in [3.63, 3.8) is 0 Å². The number of fused-ring (bicyclic) bond motifs is 1. The summed E-state index contributed by atoms with van der Waals surface area (Å²) in [4.78, 5) is 36.4. The van der Waals surface area contributed by atoms with Crippen molar-refractivity contribution in [2.24, 2.45) is 0 Å². The van der Waals surface area contributed by atoms with Crippen molar-refractivity contribution >= 4 is 39.7 Å². The van der Waals surface area contributed by atoms with E-state index in [1.807, 2.05) is 30.5 Å². The zero-order chi connectivity index (χ0) is 25.7. The minimum absolute atomic E-state index is 0.174. The number of imidazole rings is 1. The maximum atomic E-state index is 12.6. The predicted molar refractivity (Wildman–Crippen MR) is 141 cm³/mol. The van der Waals surface area contributed by atoms with Crippen LogP contribution in [0.5, 0.6) is 0 Å². The molecule has 3 aromatic heterocycles. The van der Waals surface area contributed by atoms with Gasteiger partial charge in [0.1, 0.15) is 22.9 Å². The smallest absolute Gasteiger partial charge is 0.300 e. The lowest BCUT2D eigenvalue weighted by molar-refractivity contribution is -0.134. The summed E-state index contributed by atoms with van der Waals surface area (Å²) in [6.07, 6.45) is 12.4. The van der Waals surface area contributed by atoms with Gasteiger partial charge in [0.05, 0.1) is 0 Å². The second-order valence-electron chi connectivity index (χ2n) is 8.72. The fourth-order valence-corrected chi connectivity index (χ4v) is 5.16. The van der Waals surface area contributed by atoms with Crippen LogP contribution in [-0.4, -0.2) is 36.3 Å². The van der Waals surface area contributed by atoms with Gasteiger partial charge in [0.2, 0.25) is 0 Å². The van der Waals surface area contributed by atoms with E-state index in [1.165, 1.54) is 30.6 Å². The monoisotopic (exact) mass is 506 g/mol. The second-order valence-corrected chi connectivity index (χ2v) is 9.84. The number of carboxylic acid groups (broad SMARTS) is 1. The molecule has 1 aliphatic rings. The lowest BCUT2D eigenvalue weighted by atomic mass is 9.89. The van der Waals surface area contributed by atoms with Crippen LogP contribution in [0.2, 0.25) is 0 Å². The molecule has 1 aliphatic carbocycles. The van der Waals surface area contributed by atoms with Crippen LogP contribution in [0.3, 0.4) is 0 Å². The number of rotatable bonds is 5. The van der Waals surface area contributed by atoms with E-state index in [4.69, 9.17) is 20.6 Å². The number of hydrogen-bond acceptors (Lipinski definition) is 7. The molecule has 3 heterocycles. The number of anilines is 2. The highest BCUT2D eigenvalue weighted by Gasteiger charge is 2.24. The Bertz CT molecular complexity index is 1350. The van der Waals surface area contributed by atoms with Gasteiger partial charge in [0.15, 0.2) is 5.13 Å². The molecule has 0 saturated heterocycles. The number of nitrogens with one attached hydrogen (secondary N) is 1. The summed E-state index contributed by atoms with van der Waals surface area (Å²) < 4.78 is 2.10. The van der Waals surface area contributed by atoms with E-state index in [0.717, 1.165) is 53.7 Å². The highest BCUT2D eigenvalue weighted by atomic mass is 32.1. The number of nitrogen functional groups attached to an aromatic ring is 1. The van der Waals surface area contributed by atoms with E-state index < -0.39 is 5.97 Å². The van der Waals surface area contributed by atoms with Gasteiger partial charge in [-0.05, 0) is 31.4 Å². The molecule has 4 aromatic rings. The Hall–Kier alpha value is -3.79. The van der Waals surface area contributed by atoms with Crippen molar-refractivity contribution < 1.29 is 14.7 Å². The van der Waals surface area contributed by atoms with E-state index in [9.17, 15) is 4.79 Å². The topological polar surface area (TPSA) is 136 Å². The normalized spacial score (nSPS) is 13.7. The molecule has 0 spiro atoms. The maximum Gasteiger partial charge on any atom is 0.300 e. The third-order valence-electron chi connectivity index (χ3n) is 6.12. The molecule has 36 heavy (non-hydrogen) atoms. The van der Waals surface area contributed by atoms with Gasteiger partial charge in [0.25, 0.3) is 11.9 Å². The third-order valence-corrected chi connectivity index (χ3v) is 7.18. The predicted octanol–water partition coefficient (Wildman–Crippen LogP) is 5.39. The summed E-state index contributed by atoms with van der Waals surface area (Å²) in [6, 6.07) is 7.48. The number of aliphatic carboxylic acids is 1. The quantitative estimate of drug-likeness (QED) is 0.330. The van der Waals surface area contributed by atoms with Gasteiger partial charge in [-0.25, -0.2) is 15.0 Å². The molecule has 0 radical (unpaired) electrons. The van der Waals surface area contributed by atoms with Crippen LogP contribution < -0.4 is 11.1 Å². The molecule has 0 aliphatic heterocycles. The van der Waals surface area contributed by atoms with E-state index in [2.05, 4.69) is 26.6 Å². The molecule has 0 atom stereocenters. The molecule has 188 valence electrons. The average Bonchev–Trinajstić information content (AvgIpc) is 3.50. The van der Waals surface area contributed by atoms with Crippen molar-refractivity contribution in [1.82, 2.24) is 19.4 Å². The molecule has 1 amide bonds. The van der Waals surface area contributed by atoms with Gasteiger partial charge in [-0.3, -0.25) is 19.3 Å². The van der Waals surface area contributed by atoms with E-state index >= 15 is 0 Å². The van der Waals surface area contributed by atoms with Gasteiger partial charge in [-0.2, -0.15) is 0 Å². The zero-order valence-corrected chi connectivity index (χ0v) is 21.2. The van der Waals surface area contributed by atoms with E-state index in [-0.39, 0.29) is 5.91 Å². The molecular formula is C26H30N6O3S. The minimum atomic E-state index is -0.833. The fourth-order valence-electron chi connectivity index (χ4n) is 4.41. The number of nitrogens with two attached hydrogens (primary N) is 1. The Morgan fingerprint density at radius 1 is 1.17 bits per heavy atom. The number of thiazole rings is 1. The molecule has 5 rings (SSSR count). The van der Waals surface area contributed by atoms with Crippen LogP contribution >= 0.6 is 11.3 Å². The summed E-state index contributed by atoms with van der Waals surface area (Å²) in [7, 11) is 0. The summed E-state index contributed by atoms with van der Waals surface area (Å²) in [5.41, 5.74) is 9.41. The Kier molecular flexibility index (Phi) is 7.94.